The molecule has 1 aromatic carbocycles. The molecule has 2 aromatic rings. The largest absolute Gasteiger partial charge is 0.383 e. The molecule has 3 rings (SSSR count). The van der Waals surface area contributed by atoms with Gasteiger partial charge in [0.1, 0.15) is 0 Å². The predicted octanol–water partition coefficient (Wildman–Crippen LogP) is 1.76. The zero-order valence-corrected chi connectivity index (χ0v) is 15.2. The van der Waals surface area contributed by atoms with Crippen LogP contribution in [0.2, 0.25) is 0 Å². The van der Waals surface area contributed by atoms with Crippen LogP contribution in [0.3, 0.4) is 0 Å². The lowest BCUT2D eigenvalue weighted by Crippen LogP contribution is -2.43. The smallest absolute Gasteiger partial charge is 0.223 e. The van der Waals surface area contributed by atoms with Crippen LogP contribution in [-0.4, -0.2) is 62.0 Å². The van der Waals surface area contributed by atoms with Gasteiger partial charge < -0.3 is 14.6 Å². The van der Waals surface area contributed by atoms with Crippen LogP contribution in [0.5, 0.6) is 0 Å². The number of para-hydroxylation sites is 1. The fourth-order valence-electron chi connectivity index (χ4n) is 3.45. The van der Waals surface area contributed by atoms with Gasteiger partial charge >= 0.3 is 0 Å². The van der Waals surface area contributed by atoms with Crippen molar-refractivity contribution in [3.8, 4) is 0 Å². The number of ether oxygens (including phenoxy) is 1. The third kappa shape index (κ3) is 4.22. The second-order valence-electron chi connectivity index (χ2n) is 6.50. The first-order valence-corrected chi connectivity index (χ1v) is 10.4. The normalized spacial score (nSPS) is 19.3. The molecule has 2 heterocycles. The SMILES string of the molecule is COCCN(C(=O)CCc1c[nH]c2ccccc12)C1CCS(=O)(=O)C1. The van der Waals surface area contributed by atoms with Crippen LogP contribution in [0.1, 0.15) is 18.4 Å². The first kappa shape index (κ1) is 17.9. The van der Waals surface area contributed by atoms with E-state index in [9.17, 15) is 13.2 Å². The Labute approximate surface area is 148 Å². The van der Waals surface area contributed by atoms with Gasteiger partial charge in [0, 0.05) is 43.2 Å². The second-order valence-corrected chi connectivity index (χ2v) is 8.73. The van der Waals surface area contributed by atoms with Crippen LogP contribution in [0.4, 0.5) is 0 Å². The van der Waals surface area contributed by atoms with Crippen molar-refractivity contribution in [3.63, 3.8) is 0 Å². The Morgan fingerprint density at radius 2 is 2.16 bits per heavy atom. The third-order valence-electron chi connectivity index (χ3n) is 4.79. The molecular formula is C18H24N2O4S. The van der Waals surface area contributed by atoms with Gasteiger partial charge in [0.2, 0.25) is 5.91 Å². The van der Waals surface area contributed by atoms with Gasteiger partial charge in [-0.3, -0.25) is 4.79 Å². The summed E-state index contributed by atoms with van der Waals surface area (Å²) in [5.41, 5.74) is 2.16. The summed E-state index contributed by atoms with van der Waals surface area (Å²) in [6, 6.07) is 7.78. The molecule has 0 radical (unpaired) electrons. The third-order valence-corrected chi connectivity index (χ3v) is 6.54. The minimum Gasteiger partial charge on any atom is -0.383 e. The maximum atomic E-state index is 12.7. The van der Waals surface area contributed by atoms with Gasteiger partial charge in [0.05, 0.1) is 18.1 Å². The first-order chi connectivity index (χ1) is 12.0. The molecular weight excluding hydrogens is 340 g/mol. The van der Waals surface area contributed by atoms with Crippen LogP contribution >= 0.6 is 0 Å². The summed E-state index contributed by atoms with van der Waals surface area (Å²) in [5.74, 6) is 0.219. The Hall–Kier alpha value is -1.86. The minimum atomic E-state index is -3.03. The van der Waals surface area contributed by atoms with Gasteiger partial charge in [-0.1, -0.05) is 18.2 Å². The van der Waals surface area contributed by atoms with E-state index in [0.29, 0.717) is 32.4 Å². The Balaban J connectivity index is 1.67. The topological polar surface area (TPSA) is 79.5 Å². The second kappa shape index (κ2) is 7.58. The molecule has 1 saturated heterocycles. The van der Waals surface area contributed by atoms with E-state index < -0.39 is 9.84 Å². The van der Waals surface area contributed by atoms with Crippen LogP contribution in [0.25, 0.3) is 10.9 Å². The highest BCUT2D eigenvalue weighted by atomic mass is 32.2. The van der Waals surface area contributed by atoms with Gasteiger partial charge in [0.15, 0.2) is 9.84 Å². The number of nitrogens with one attached hydrogen (secondary N) is 1. The van der Waals surface area contributed by atoms with Crippen molar-refractivity contribution < 1.29 is 17.9 Å². The number of methoxy groups -OCH3 is 1. The lowest BCUT2D eigenvalue weighted by atomic mass is 10.1. The number of carbonyl (C=O) groups excluding carboxylic acids is 1. The number of benzene rings is 1. The molecule has 1 fully saturated rings. The summed E-state index contributed by atoms with van der Waals surface area (Å²) in [6.07, 6.45) is 3.45. The number of hydrogen-bond acceptors (Lipinski definition) is 4. The Morgan fingerprint density at radius 3 is 2.88 bits per heavy atom. The number of rotatable bonds is 7. The fraction of sp³-hybridized carbons (Fsp3) is 0.500. The molecule has 6 nitrogen and oxygen atoms in total. The number of aromatic nitrogens is 1. The monoisotopic (exact) mass is 364 g/mol. The standard InChI is InChI=1S/C18H24N2O4S/c1-24-10-9-20(15-8-11-25(22,23)13-15)18(21)7-6-14-12-19-17-5-3-2-4-16(14)17/h2-5,12,15,19H,6-11,13H2,1H3. The summed E-state index contributed by atoms with van der Waals surface area (Å²) in [7, 11) is -1.44. The Kier molecular flexibility index (Phi) is 5.44. The van der Waals surface area contributed by atoms with Crippen LogP contribution in [-0.2, 0) is 25.8 Å². The number of amides is 1. The van der Waals surface area contributed by atoms with E-state index in [1.54, 1.807) is 12.0 Å². The molecule has 0 spiro atoms. The summed E-state index contributed by atoms with van der Waals surface area (Å²) in [4.78, 5) is 17.7. The molecule has 0 saturated carbocycles. The van der Waals surface area contributed by atoms with Crippen molar-refractivity contribution in [1.82, 2.24) is 9.88 Å². The highest BCUT2D eigenvalue weighted by molar-refractivity contribution is 7.91. The molecule has 7 heteroatoms. The summed E-state index contributed by atoms with van der Waals surface area (Å²) in [6.45, 7) is 0.846. The summed E-state index contributed by atoms with van der Waals surface area (Å²) >= 11 is 0. The van der Waals surface area contributed by atoms with Gasteiger partial charge in [-0.25, -0.2) is 8.42 Å². The van der Waals surface area contributed by atoms with Crippen LogP contribution in [0.15, 0.2) is 30.5 Å². The van der Waals surface area contributed by atoms with E-state index in [0.717, 1.165) is 16.5 Å². The number of H-pyrrole nitrogens is 1. The number of carbonyl (C=O) groups is 1. The molecule has 1 atom stereocenters. The summed E-state index contributed by atoms with van der Waals surface area (Å²) < 4.78 is 28.6. The highest BCUT2D eigenvalue weighted by Gasteiger charge is 2.34. The van der Waals surface area contributed by atoms with E-state index in [1.807, 2.05) is 30.5 Å². The van der Waals surface area contributed by atoms with Crippen molar-refractivity contribution >= 4 is 26.6 Å². The van der Waals surface area contributed by atoms with Gasteiger partial charge in [-0.15, -0.1) is 0 Å². The van der Waals surface area contributed by atoms with Crippen molar-refractivity contribution in [2.75, 3.05) is 31.8 Å². The van der Waals surface area contributed by atoms with Gasteiger partial charge in [0.25, 0.3) is 0 Å². The van der Waals surface area contributed by atoms with Gasteiger partial charge in [-0.2, -0.15) is 0 Å². The quantitative estimate of drug-likeness (QED) is 0.812. The number of nitrogens with zero attached hydrogens (tertiary/aromatic N) is 1. The average Bonchev–Trinajstić information content (AvgIpc) is 3.16. The molecule has 1 amide bonds. The lowest BCUT2D eigenvalue weighted by molar-refractivity contribution is -0.133. The van der Waals surface area contributed by atoms with Crippen LogP contribution in [0, 0.1) is 0 Å². The number of aromatic amines is 1. The van der Waals surface area contributed by atoms with E-state index in [1.165, 1.54) is 0 Å². The highest BCUT2D eigenvalue weighted by Crippen LogP contribution is 2.22. The Bertz CT molecular complexity index is 844. The molecule has 1 unspecified atom stereocenters. The molecule has 0 aliphatic carbocycles. The van der Waals surface area contributed by atoms with Gasteiger partial charge in [-0.05, 0) is 24.5 Å². The number of fused-ring (bicyclic) bond motifs is 1. The van der Waals surface area contributed by atoms with Crippen molar-refractivity contribution in [3.05, 3.63) is 36.0 Å². The lowest BCUT2D eigenvalue weighted by Gasteiger charge is -2.28. The van der Waals surface area contributed by atoms with E-state index in [4.69, 9.17) is 4.74 Å². The average molecular weight is 364 g/mol. The Morgan fingerprint density at radius 1 is 1.36 bits per heavy atom. The zero-order valence-electron chi connectivity index (χ0n) is 14.4. The van der Waals surface area contributed by atoms with E-state index in [2.05, 4.69) is 4.98 Å². The molecule has 136 valence electrons. The maximum absolute atomic E-state index is 12.7. The maximum Gasteiger partial charge on any atom is 0.223 e. The molecule has 1 aromatic heterocycles. The molecule has 1 aliphatic rings. The number of aryl methyl sites for hydroxylation is 1. The molecule has 0 bridgehead atoms. The number of hydrogen-bond donors (Lipinski definition) is 1. The number of sulfone groups is 1. The first-order valence-electron chi connectivity index (χ1n) is 8.54. The van der Waals surface area contributed by atoms with Crippen molar-refractivity contribution in [2.24, 2.45) is 0 Å². The minimum absolute atomic E-state index is 0.00979. The predicted molar refractivity (Wildman–Crippen MR) is 97.3 cm³/mol. The molecule has 1 N–H and O–H groups in total. The van der Waals surface area contributed by atoms with E-state index >= 15 is 0 Å². The summed E-state index contributed by atoms with van der Waals surface area (Å²) in [5, 5.41) is 1.13. The molecule has 25 heavy (non-hydrogen) atoms. The molecule has 1 aliphatic heterocycles. The van der Waals surface area contributed by atoms with Crippen molar-refractivity contribution in [2.45, 2.75) is 25.3 Å². The fourth-order valence-corrected chi connectivity index (χ4v) is 5.18. The van der Waals surface area contributed by atoms with E-state index in [-0.39, 0.29) is 23.5 Å². The van der Waals surface area contributed by atoms with Crippen LogP contribution < -0.4 is 0 Å². The zero-order chi connectivity index (χ0) is 17.9. The van der Waals surface area contributed by atoms with Crippen molar-refractivity contribution in [1.29, 1.82) is 0 Å².